The van der Waals surface area contributed by atoms with Crippen LogP contribution in [0.1, 0.15) is 10.5 Å². The zero-order chi connectivity index (χ0) is 20.6. The quantitative estimate of drug-likeness (QED) is 0.629. The van der Waals surface area contributed by atoms with Gasteiger partial charge in [0.15, 0.2) is 0 Å². The zero-order valence-corrected chi connectivity index (χ0v) is 17.7. The summed E-state index contributed by atoms with van der Waals surface area (Å²) in [7, 11) is -3.61. The molecule has 2 aromatic carbocycles. The summed E-state index contributed by atoms with van der Waals surface area (Å²) in [5.74, 6) is -0.312. The maximum absolute atomic E-state index is 12.8. The highest BCUT2D eigenvalue weighted by Gasteiger charge is 2.30. The predicted molar refractivity (Wildman–Crippen MR) is 113 cm³/mol. The van der Waals surface area contributed by atoms with Gasteiger partial charge in [-0.2, -0.15) is 4.31 Å². The number of carbonyl (C=O) groups is 1. The maximum atomic E-state index is 12.8. The predicted octanol–water partition coefficient (Wildman–Crippen LogP) is 2.44. The van der Waals surface area contributed by atoms with Crippen LogP contribution in [0, 0.1) is 0 Å². The maximum Gasteiger partial charge on any atom is 0.270 e. The highest BCUT2D eigenvalue weighted by Crippen LogP contribution is 2.21. The van der Waals surface area contributed by atoms with E-state index in [9.17, 15) is 18.0 Å². The molecule has 1 saturated heterocycles. The lowest BCUT2D eigenvalue weighted by atomic mass is 10.1. The standard InChI is InChI=1S/C20H18BrN3O4S/c21-15-5-7-16(8-6-15)29(27,28)24-11-9-23(10-12-24)20(26)18-13-14-3-1-2-4-17(14)19(25)22-18/h1-8,13H,9-12H2,(H,22,25). The average molecular weight is 476 g/mol. The minimum Gasteiger partial charge on any atom is -0.335 e. The van der Waals surface area contributed by atoms with Crippen LogP contribution in [0.15, 0.2) is 68.8 Å². The Hall–Kier alpha value is -2.49. The van der Waals surface area contributed by atoms with E-state index in [2.05, 4.69) is 20.9 Å². The fourth-order valence-corrected chi connectivity index (χ4v) is 5.07. The van der Waals surface area contributed by atoms with Gasteiger partial charge in [0.05, 0.1) is 4.90 Å². The number of nitrogens with zero attached hydrogens (tertiary/aromatic N) is 2. The summed E-state index contributed by atoms with van der Waals surface area (Å²) in [5.41, 5.74) is -0.110. The van der Waals surface area contributed by atoms with Crippen LogP contribution in [0.3, 0.4) is 0 Å². The van der Waals surface area contributed by atoms with Crippen LogP contribution in [-0.2, 0) is 10.0 Å². The Kier molecular flexibility index (Phi) is 5.28. The monoisotopic (exact) mass is 475 g/mol. The first-order valence-electron chi connectivity index (χ1n) is 9.03. The summed E-state index contributed by atoms with van der Waals surface area (Å²) in [6.45, 7) is 0.900. The number of sulfonamides is 1. The number of benzene rings is 2. The topological polar surface area (TPSA) is 90.6 Å². The van der Waals surface area contributed by atoms with Crippen LogP contribution in [0.25, 0.3) is 10.8 Å². The Morgan fingerprint density at radius 2 is 1.62 bits per heavy atom. The molecule has 1 aromatic heterocycles. The van der Waals surface area contributed by atoms with Crippen molar-refractivity contribution < 1.29 is 13.2 Å². The van der Waals surface area contributed by atoms with Crippen LogP contribution in [0.2, 0.25) is 0 Å². The number of fused-ring (bicyclic) bond motifs is 1. The molecule has 1 N–H and O–H groups in total. The molecule has 0 radical (unpaired) electrons. The van der Waals surface area contributed by atoms with E-state index in [1.807, 2.05) is 6.07 Å². The van der Waals surface area contributed by atoms with Crippen molar-refractivity contribution >= 4 is 42.6 Å². The molecular weight excluding hydrogens is 458 g/mol. The molecule has 29 heavy (non-hydrogen) atoms. The lowest BCUT2D eigenvalue weighted by Crippen LogP contribution is -2.50. The van der Waals surface area contributed by atoms with Crippen molar-refractivity contribution in [2.24, 2.45) is 0 Å². The number of piperazine rings is 1. The number of H-pyrrole nitrogens is 1. The Labute approximate surface area is 176 Å². The molecular formula is C20H18BrN3O4S. The van der Waals surface area contributed by atoms with E-state index >= 15 is 0 Å². The van der Waals surface area contributed by atoms with Crippen LogP contribution >= 0.6 is 15.9 Å². The molecule has 1 amide bonds. The van der Waals surface area contributed by atoms with Crippen molar-refractivity contribution in [2.75, 3.05) is 26.2 Å². The van der Waals surface area contributed by atoms with Crippen LogP contribution in [0.5, 0.6) is 0 Å². The second kappa shape index (κ2) is 7.74. The van der Waals surface area contributed by atoms with Gasteiger partial charge in [-0.05, 0) is 41.8 Å². The first-order chi connectivity index (χ1) is 13.9. The number of amides is 1. The summed E-state index contributed by atoms with van der Waals surface area (Å²) < 4.78 is 27.8. The third kappa shape index (κ3) is 3.85. The molecule has 0 spiro atoms. The molecule has 0 aliphatic carbocycles. The van der Waals surface area contributed by atoms with Crippen LogP contribution in [-0.4, -0.2) is 54.7 Å². The molecule has 4 rings (SSSR count). The van der Waals surface area contributed by atoms with Crippen molar-refractivity contribution in [3.05, 3.63) is 75.1 Å². The molecule has 0 saturated carbocycles. The Balaban J connectivity index is 1.50. The molecule has 7 nitrogen and oxygen atoms in total. The number of aromatic nitrogens is 1. The van der Waals surface area contributed by atoms with Crippen molar-refractivity contribution in [1.29, 1.82) is 0 Å². The fraction of sp³-hybridized carbons (Fsp3) is 0.200. The Bertz CT molecular complexity index is 1230. The van der Waals surface area contributed by atoms with Crippen LogP contribution < -0.4 is 5.56 Å². The van der Waals surface area contributed by atoms with E-state index in [-0.39, 0.29) is 48.2 Å². The van der Waals surface area contributed by atoms with Crippen molar-refractivity contribution in [3.8, 4) is 0 Å². The smallest absolute Gasteiger partial charge is 0.270 e. The number of hydrogen-bond acceptors (Lipinski definition) is 4. The van der Waals surface area contributed by atoms with Gasteiger partial charge in [0.2, 0.25) is 10.0 Å². The molecule has 1 aliphatic rings. The number of nitrogens with one attached hydrogen (secondary N) is 1. The van der Waals surface area contributed by atoms with E-state index in [0.29, 0.717) is 10.8 Å². The van der Waals surface area contributed by atoms with E-state index in [1.165, 1.54) is 4.31 Å². The average Bonchev–Trinajstić information content (AvgIpc) is 2.73. The number of aromatic amines is 1. The molecule has 0 bridgehead atoms. The summed E-state index contributed by atoms with van der Waals surface area (Å²) >= 11 is 3.30. The number of pyridine rings is 1. The van der Waals surface area contributed by atoms with Crippen molar-refractivity contribution in [1.82, 2.24) is 14.2 Å². The minimum absolute atomic E-state index is 0.196. The van der Waals surface area contributed by atoms with Gasteiger partial charge >= 0.3 is 0 Å². The normalized spacial score (nSPS) is 15.6. The number of hydrogen-bond donors (Lipinski definition) is 1. The van der Waals surface area contributed by atoms with Gasteiger partial charge in [-0.3, -0.25) is 9.59 Å². The van der Waals surface area contributed by atoms with E-state index in [4.69, 9.17) is 0 Å². The first kappa shape index (κ1) is 19.8. The largest absolute Gasteiger partial charge is 0.335 e. The minimum atomic E-state index is -3.61. The highest BCUT2D eigenvalue weighted by molar-refractivity contribution is 9.10. The molecule has 0 atom stereocenters. The molecule has 9 heteroatoms. The first-order valence-corrected chi connectivity index (χ1v) is 11.3. The molecule has 150 valence electrons. The number of carbonyl (C=O) groups excluding carboxylic acids is 1. The lowest BCUT2D eigenvalue weighted by Gasteiger charge is -2.34. The SMILES string of the molecule is O=C(c1cc2ccccc2c(=O)[nH]1)N1CCN(S(=O)(=O)c2ccc(Br)cc2)CC1. The Morgan fingerprint density at radius 3 is 2.31 bits per heavy atom. The molecule has 0 unspecified atom stereocenters. The van der Waals surface area contributed by atoms with E-state index in [0.717, 1.165) is 4.47 Å². The highest BCUT2D eigenvalue weighted by atomic mass is 79.9. The third-order valence-electron chi connectivity index (χ3n) is 4.96. The van der Waals surface area contributed by atoms with Gasteiger partial charge in [-0.15, -0.1) is 0 Å². The van der Waals surface area contributed by atoms with Crippen molar-refractivity contribution in [2.45, 2.75) is 4.90 Å². The third-order valence-corrected chi connectivity index (χ3v) is 7.40. The van der Waals surface area contributed by atoms with Gasteiger partial charge in [0, 0.05) is 36.0 Å². The Morgan fingerprint density at radius 1 is 0.966 bits per heavy atom. The van der Waals surface area contributed by atoms with E-state index in [1.54, 1.807) is 53.4 Å². The van der Waals surface area contributed by atoms with Crippen molar-refractivity contribution in [3.63, 3.8) is 0 Å². The zero-order valence-electron chi connectivity index (χ0n) is 15.3. The summed E-state index contributed by atoms with van der Waals surface area (Å²) in [6.07, 6.45) is 0. The molecule has 3 aromatic rings. The summed E-state index contributed by atoms with van der Waals surface area (Å²) in [5, 5.41) is 1.21. The van der Waals surface area contributed by atoms with Gasteiger partial charge < -0.3 is 9.88 Å². The van der Waals surface area contributed by atoms with E-state index < -0.39 is 10.0 Å². The fourth-order valence-electron chi connectivity index (χ4n) is 3.38. The van der Waals surface area contributed by atoms with Gasteiger partial charge in [-0.25, -0.2) is 8.42 Å². The second-order valence-corrected chi connectivity index (χ2v) is 9.60. The molecule has 1 aliphatic heterocycles. The summed E-state index contributed by atoms with van der Waals surface area (Å²) in [4.78, 5) is 29.5. The second-order valence-electron chi connectivity index (χ2n) is 6.75. The lowest BCUT2D eigenvalue weighted by molar-refractivity contribution is 0.0692. The number of halogens is 1. The van der Waals surface area contributed by atoms with Crippen LogP contribution in [0.4, 0.5) is 0 Å². The number of rotatable bonds is 3. The van der Waals surface area contributed by atoms with Gasteiger partial charge in [0.1, 0.15) is 5.69 Å². The van der Waals surface area contributed by atoms with Gasteiger partial charge in [0.25, 0.3) is 11.5 Å². The summed E-state index contributed by atoms with van der Waals surface area (Å²) in [6, 6.07) is 15.2. The molecule has 2 heterocycles. The van der Waals surface area contributed by atoms with Gasteiger partial charge in [-0.1, -0.05) is 34.1 Å². The molecule has 1 fully saturated rings.